The van der Waals surface area contributed by atoms with Gasteiger partial charge in [0.05, 0.1) is 41.2 Å². The Morgan fingerprint density at radius 1 is 0.902 bits per heavy atom. The Morgan fingerprint density at radius 2 is 1.76 bits per heavy atom. The lowest BCUT2D eigenvalue weighted by Crippen LogP contribution is -2.14. The van der Waals surface area contributed by atoms with Gasteiger partial charge in [-0.1, -0.05) is 48.5 Å². The summed E-state index contributed by atoms with van der Waals surface area (Å²) in [6.07, 6.45) is 6.85. The number of fused-ring (bicyclic) bond motifs is 2. The molecule has 0 aliphatic heterocycles. The van der Waals surface area contributed by atoms with Crippen molar-refractivity contribution in [3.63, 3.8) is 0 Å². The lowest BCUT2D eigenvalue weighted by atomic mass is 10.1. The highest BCUT2D eigenvalue weighted by Crippen LogP contribution is 2.32. The smallest absolute Gasteiger partial charge is 0.228 e. The zero-order chi connectivity index (χ0) is 27.8. The van der Waals surface area contributed by atoms with Gasteiger partial charge in [-0.25, -0.2) is 14.4 Å². The quantitative estimate of drug-likeness (QED) is 0.240. The second kappa shape index (κ2) is 10.1. The van der Waals surface area contributed by atoms with Crippen molar-refractivity contribution in [3.05, 3.63) is 109 Å². The Labute approximate surface area is 232 Å². The summed E-state index contributed by atoms with van der Waals surface area (Å²) in [5, 5.41) is 11.2. The molecule has 198 valence electrons. The molecule has 10 heteroatoms. The van der Waals surface area contributed by atoms with E-state index in [1.54, 1.807) is 49.1 Å². The Bertz CT molecular complexity index is 2050. The molecule has 0 bridgehead atoms. The molecule has 2 aromatic carbocycles. The number of nitrogens with one attached hydrogen (secondary N) is 3. The van der Waals surface area contributed by atoms with Crippen molar-refractivity contribution >= 4 is 33.7 Å². The first-order valence-corrected chi connectivity index (χ1v) is 12.9. The zero-order valence-electron chi connectivity index (χ0n) is 21.5. The van der Waals surface area contributed by atoms with Crippen molar-refractivity contribution in [3.8, 4) is 33.9 Å². The van der Waals surface area contributed by atoms with Crippen LogP contribution in [0.3, 0.4) is 0 Å². The maximum Gasteiger partial charge on any atom is 0.228 e. The van der Waals surface area contributed by atoms with Crippen molar-refractivity contribution in [2.75, 3.05) is 5.32 Å². The van der Waals surface area contributed by atoms with Crippen LogP contribution < -0.4 is 5.32 Å². The summed E-state index contributed by atoms with van der Waals surface area (Å²) in [6, 6.07) is 21.6. The van der Waals surface area contributed by atoms with Crippen LogP contribution in [0.15, 0.2) is 97.6 Å². The van der Waals surface area contributed by atoms with E-state index in [4.69, 9.17) is 0 Å². The molecule has 3 N–H and O–H groups in total. The Kier molecular flexibility index (Phi) is 5.97. The van der Waals surface area contributed by atoms with Gasteiger partial charge in [0.1, 0.15) is 11.5 Å². The van der Waals surface area contributed by atoms with E-state index in [2.05, 4.69) is 40.4 Å². The topological polar surface area (TPSA) is 125 Å². The number of carbonyl (C=O) groups excluding carboxylic acids is 1. The lowest BCUT2D eigenvalue weighted by molar-refractivity contribution is -0.115. The molecule has 9 nitrogen and oxygen atoms in total. The van der Waals surface area contributed by atoms with Gasteiger partial charge in [0, 0.05) is 34.5 Å². The van der Waals surface area contributed by atoms with Crippen LogP contribution in [0.4, 0.5) is 10.1 Å². The summed E-state index contributed by atoms with van der Waals surface area (Å²) < 4.78 is 14.6. The molecule has 5 heterocycles. The first-order chi connectivity index (χ1) is 20.1. The predicted molar refractivity (Wildman–Crippen MR) is 154 cm³/mol. The molecule has 7 rings (SSSR count). The SMILES string of the molecule is O=C(Cc1ccccc1)Nc1cncc(-c2cc3c(-c4nc5nccc(-c6ccccc6F)c5[nH]4)n[nH]c3cn2)c1. The van der Waals surface area contributed by atoms with Crippen LogP contribution in [-0.2, 0) is 11.2 Å². The van der Waals surface area contributed by atoms with Gasteiger partial charge in [0.25, 0.3) is 0 Å². The van der Waals surface area contributed by atoms with E-state index in [1.165, 1.54) is 6.07 Å². The van der Waals surface area contributed by atoms with E-state index in [0.717, 1.165) is 16.5 Å². The number of aromatic amines is 2. The highest BCUT2D eigenvalue weighted by atomic mass is 19.1. The number of H-pyrrole nitrogens is 2. The molecule has 7 aromatic rings. The molecule has 0 spiro atoms. The van der Waals surface area contributed by atoms with Gasteiger partial charge in [0.15, 0.2) is 11.5 Å². The van der Waals surface area contributed by atoms with Crippen LogP contribution in [0.2, 0.25) is 0 Å². The Hall–Kier alpha value is -5.77. The Balaban J connectivity index is 1.22. The normalized spacial score (nSPS) is 11.2. The first-order valence-electron chi connectivity index (χ1n) is 12.9. The van der Waals surface area contributed by atoms with Crippen LogP contribution in [-0.4, -0.2) is 41.0 Å². The number of anilines is 1. The molecule has 0 atom stereocenters. The number of carbonyl (C=O) groups is 1. The van der Waals surface area contributed by atoms with Gasteiger partial charge in [0.2, 0.25) is 5.91 Å². The first kappa shape index (κ1) is 24.3. The molecule has 0 unspecified atom stereocenters. The molecule has 0 aliphatic rings. The van der Waals surface area contributed by atoms with Crippen LogP contribution in [0.1, 0.15) is 5.56 Å². The second-order valence-corrected chi connectivity index (χ2v) is 9.48. The molecular formula is C31H21FN8O. The fourth-order valence-corrected chi connectivity index (χ4v) is 4.82. The number of rotatable bonds is 6. The van der Waals surface area contributed by atoms with Gasteiger partial charge >= 0.3 is 0 Å². The maximum absolute atomic E-state index is 14.6. The third-order valence-electron chi connectivity index (χ3n) is 6.75. The van der Waals surface area contributed by atoms with Crippen LogP contribution in [0.5, 0.6) is 0 Å². The van der Waals surface area contributed by atoms with E-state index in [9.17, 15) is 9.18 Å². The van der Waals surface area contributed by atoms with E-state index < -0.39 is 0 Å². The molecular weight excluding hydrogens is 519 g/mol. The van der Waals surface area contributed by atoms with Gasteiger partial charge < -0.3 is 10.3 Å². The molecule has 5 aromatic heterocycles. The van der Waals surface area contributed by atoms with Gasteiger partial charge in [-0.3, -0.25) is 19.9 Å². The summed E-state index contributed by atoms with van der Waals surface area (Å²) in [7, 11) is 0. The average molecular weight is 541 g/mol. The van der Waals surface area contributed by atoms with E-state index in [-0.39, 0.29) is 18.1 Å². The highest BCUT2D eigenvalue weighted by Gasteiger charge is 2.18. The fraction of sp³-hybridized carbons (Fsp3) is 0.0323. The van der Waals surface area contributed by atoms with Crippen molar-refractivity contribution in [1.29, 1.82) is 0 Å². The maximum atomic E-state index is 14.6. The van der Waals surface area contributed by atoms with Crippen LogP contribution >= 0.6 is 0 Å². The van der Waals surface area contributed by atoms with Gasteiger partial charge in [-0.05, 0) is 29.8 Å². The summed E-state index contributed by atoms with van der Waals surface area (Å²) in [5.74, 6) is 0.0212. The van der Waals surface area contributed by atoms with E-state index >= 15 is 0 Å². The average Bonchev–Trinajstić information content (AvgIpc) is 3.62. The van der Waals surface area contributed by atoms with Gasteiger partial charge in [-0.15, -0.1) is 0 Å². The molecule has 0 saturated heterocycles. The minimum absolute atomic E-state index is 0.135. The highest BCUT2D eigenvalue weighted by molar-refractivity contribution is 5.97. The summed E-state index contributed by atoms with van der Waals surface area (Å²) in [4.78, 5) is 33.8. The molecule has 0 radical (unpaired) electrons. The summed E-state index contributed by atoms with van der Waals surface area (Å²) in [5.41, 5.74) is 6.33. The summed E-state index contributed by atoms with van der Waals surface area (Å²) in [6.45, 7) is 0. The van der Waals surface area contributed by atoms with Crippen LogP contribution in [0.25, 0.3) is 56.0 Å². The standard InChI is InChI=1S/C31H21FN8O/c32-24-9-5-4-8-21(24)22-10-11-34-30-28(22)37-31(38-30)29-23-14-25(35-17-26(23)39-40-29)19-13-20(16-33-15-19)36-27(41)12-18-6-2-1-3-7-18/h1-11,13-17H,12H2,(H,36,41)(H,39,40)(H,34,37,38). The molecule has 0 aliphatic carbocycles. The lowest BCUT2D eigenvalue weighted by Gasteiger charge is -2.07. The number of halogens is 1. The van der Waals surface area contributed by atoms with Crippen molar-refractivity contribution in [1.82, 2.24) is 35.1 Å². The van der Waals surface area contributed by atoms with Crippen molar-refractivity contribution < 1.29 is 9.18 Å². The zero-order valence-corrected chi connectivity index (χ0v) is 21.5. The number of amides is 1. The number of benzene rings is 2. The van der Waals surface area contributed by atoms with Crippen molar-refractivity contribution in [2.45, 2.75) is 6.42 Å². The molecule has 1 amide bonds. The number of pyridine rings is 3. The Morgan fingerprint density at radius 3 is 2.63 bits per heavy atom. The van der Waals surface area contributed by atoms with E-state index in [1.807, 2.05) is 42.5 Å². The second-order valence-electron chi connectivity index (χ2n) is 9.48. The minimum Gasteiger partial charge on any atom is -0.335 e. The number of nitrogens with zero attached hydrogens (tertiary/aromatic N) is 5. The number of hydrogen-bond donors (Lipinski definition) is 3. The number of aromatic nitrogens is 7. The monoisotopic (exact) mass is 540 g/mol. The number of hydrogen-bond acceptors (Lipinski definition) is 6. The van der Waals surface area contributed by atoms with Crippen molar-refractivity contribution in [2.24, 2.45) is 0 Å². The van der Waals surface area contributed by atoms with Gasteiger partial charge in [-0.2, -0.15) is 5.10 Å². The molecule has 41 heavy (non-hydrogen) atoms. The summed E-state index contributed by atoms with van der Waals surface area (Å²) >= 11 is 0. The molecule has 0 fully saturated rings. The van der Waals surface area contributed by atoms with Crippen LogP contribution in [0, 0.1) is 5.82 Å². The largest absolute Gasteiger partial charge is 0.335 e. The number of imidazole rings is 1. The minimum atomic E-state index is -0.329. The van der Waals surface area contributed by atoms with E-state index in [0.29, 0.717) is 50.7 Å². The third kappa shape index (κ3) is 4.67. The third-order valence-corrected chi connectivity index (χ3v) is 6.75. The predicted octanol–water partition coefficient (Wildman–Crippen LogP) is 5.95. The fourth-order valence-electron chi connectivity index (χ4n) is 4.82. The molecule has 0 saturated carbocycles.